The van der Waals surface area contributed by atoms with Crippen LogP contribution in [0.25, 0.3) is 0 Å². The molecule has 0 aliphatic rings. The molecule has 0 atom stereocenters. The molecule has 7 heteroatoms. The highest BCUT2D eigenvalue weighted by Crippen LogP contribution is 2.30. The van der Waals surface area contributed by atoms with Crippen LogP contribution in [0.15, 0.2) is 54.9 Å². The Morgan fingerprint density at radius 1 is 0.960 bits per heavy atom. The van der Waals surface area contributed by atoms with E-state index < -0.39 is 0 Å². The zero-order valence-corrected chi connectivity index (χ0v) is 14.1. The minimum Gasteiger partial charge on any atom is -0.497 e. The van der Waals surface area contributed by atoms with Crippen LogP contribution in [-0.2, 0) is 6.54 Å². The van der Waals surface area contributed by atoms with Crippen LogP contribution >= 0.6 is 0 Å². The maximum atomic E-state index is 5.37. The number of methoxy groups -OCH3 is 2. The summed E-state index contributed by atoms with van der Waals surface area (Å²) in [5, 5.41) is 6.38. The molecule has 0 saturated heterocycles. The number of aromatic nitrogens is 3. The standard InChI is InChI=1S/C18H19N5O2/c1-24-14-6-7-15(16(11-14)25-2)22-18-20-10-8-17(23-18)21-12-13-5-3-4-9-19-13/h3-11H,12H2,1-2H3,(H2,20,21,22,23). The van der Waals surface area contributed by atoms with Gasteiger partial charge in [0.1, 0.15) is 17.3 Å². The van der Waals surface area contributed by atoms with Crippen molar-refractivity contribution in [3.05, 3.63) is 60.6 Å². The van der Waals surface area contributed by atoms with Gasteiger partial charge in [0, 0.05) is 18.5 Å². The third-order valence-electron chi connectivity index (χ3n) is 3.49. The number of ether oxygens (including phenoxy) is 2. The first-order valence-electron chi connectivity index (χ1n) is 7.74. The lowest BCUT2D eigenvalue weighted by atomic mass is 10.2. The van der Waals surface area contributed by atoms with Crippen LogP contribution in [-0.4, -0.2) is 29.2 Å². The van der Waals surface area contributed by atoms with Crippen LogP contribution in [0.2, 0.25) is 0 Å². The number of nitrogens with zero attached hydrogens (tertiary/aromatic N) is 3. The van der Waals surface area contributed by atoms with Gasteiger partial charge in [-0.25, -0.2) is 4.98 Å². The molecule has 2 heterocycles. The van der Waals surface area contributed by atoms with Gasteiger partial charge in [-0.15, -0.1) is 0 Å². The van der Waals surface area contributed by atoms with Crippen LogP contribution in [0.4, 0.5) is 17.5 Å². The second kappa shape index (κ2) is 7.96. The topological polar surface area (TPSA) is 81.2 Å². The predicted octanol–water partition coefficient (Wildman–Crippen LogP) is 3.24. The third kappa shape index (κ3) is 4.35. The quantitative estimate of drug-likeness (QED) is 0.685. The summed E-state index contributed by atoms with van der Waals surface area (Å²) >= 11 is 0. The van der Waals surface area contributed by atoms with Gasteiger partial charge in [0.15, 0.2) is 0 Å². The van der Waals surface area contributed by atoms with Crippen molar-refractivity contribution in [3.63, 3.8) is 0 Å². The number of benzene rings is 1. The van der Waals surface area contributed by atoms with Gasteiger partial charge in [0.2, 0.25) is 5.95 Å². The normalized spacial score (nSPS) is 10.2. The van der Waals surface area contributed by atoms with Crippen LogP contribution in [0.1, 0.15) is 5.69 Å². The lowest BCUT2D eigenvalue weighted by molar-refractivity contribution is 0.395. The molecule has 0 saturated carbocycles. The summed E-state index contributed by atoms with van der Waals surface area (Å²) in [6.45, 7) is 0.586. The first-order valence-corrected chi connectivity index (χ1v) is 7.74. The molecule has 0 radical (unpaired) electrons. The molecule has 128 valence electrons. The Balaban J connectivity index is 1.71. The Morgan fingerprint density at radius 3 is 2.64 bits per heavy atom. The van der Waals surface area contributed by atoms with E-state index in [1.54, 1.807) is 38.7 Å². The van der Waals surface area contributed by atoms with Gasteiger partial charge >= 0.3 is 0 Å². The highest BCUT2D eigenvalue weighted by molar-refractivity contribution is 5.64. The summed E-state index contributed by atoms with van der Waals surface area (Å²) in [7, 11) is 3.22. The number of rotatable bonds is 7. The SMILES string of the molecule is COc1ccc(Nc2nccc(NCc3ccccn3)n2)c(OC)c1. The Hall–Kier alpha value is -3.35. The van der Waals surface area contributed by atoms with Crippen molar-refractivity contribution in [2.75, 3.05) is 24.9 Å². The Morgan fingerprint density at radius 2 is 1.88 bits per heavy atom. The van der Waals surface area contributed by atoms with E-state index >= 15 is 0 Å². The molecule has 0 spiro atoms. The molecule has 3 rings (SSSR count). The molecular formula is C18H19N5O2. The van der Waals surface area contributed by atoms with E-state index in [-0.39, 0.29) is 0 Å². The molecule has 3 aromatic rings. The zero-order valence-electron chi connectivity index (χ0n) is 14.1. The molecule has 7 nitrogen and oxygen atoms in total. The molecule has 1 aromatic carbocycles. The molecule has 0 unspecified atom stereocenters. The van der Waals surface area contributed by atoms with Gasteiger partial charge in [0.05, 0.1) is 32.1 Å². The maximum Gasteiger partial charge on any atom is 0.229 e. The first kappa shape index (κ1) is 16.5. The number of pyridine rings is 1. The van der Waals surface area contributed by atoms with Crippen molar-refractivity contribution in [3.8, 4) is 11.5 Å². The van der Waals surface area contributed by atoms with Gasteiger partial charge in [-0.05, 0) is 30.3 Å². The van der Waals surface area contributed by atoms with E-state index in [9.17, 15) is 0 Å². The van der Waals surface area contributed by atoms with Crippen molar-refractivity contribution in [1.29, 1.82) is 0 Å². The lowest BCUT2D eigenvalue weighted by Gasteiger charge is -2.12. The fourth-order valence-electron chi connectivity index (χ4n) is 2.22. The predicted molar refractivity (Wildman–Crippen MR) is 96.4 cm³/mol. The van der Waals surface area contributed by atoms with Crippen molar-refractivity contribution >= 4 is 17.5 Å². The monoisotopic (exact) mass is 337 g/mol. The third-order valence-corrected chi connectivity index (χ3v) is 3.49. The number of hydrogen-bond acceptors (Lipinski definition) is 7. The van der Waals surface area contributed by atoms with Gasteiger partial charge in [-0.1, -0.05) is 6.07 Å². The first-order chi connectivity index (χ1) is 12.3. The average molecular weight is 337 g/mol. The van der Waals surface area contributed by atoms with Gasteiger partial charge in [0.25, 0.3) is 0 Å². The maximum absolute atomic E-state index is 5.37. The summed E-state index contributed by atoms with van der Waals surface area (Å²) in [6, 6.07) is 13.1. The van der Waals surface area contributed by atoms with Crippen molar-refractivity contribution < 1.29 is 9.47 Å². The summed E-state index contributed by atoms with van der Waals surface area (Å²) in [5.74, 6) is 2.54. The van der Waals surface area contributed by atoms with Crippen LogP contribution in [0, 0.1) is 0 Å². The zero-order chi connectivity index (χ0) is 17.5. The fourth-order valence-corrected chi connectivity index (χ4v) is 2.22. The van der Waals surface area contributed by atoms with E-state index in [1.807, 2.05) is 30.3 Å². The second-order valence-corrected chi connectivity index (χ2v) is 5.13. The van der Waals surface area contributed by atoms with E-state index in [2.05, 4.69) is 25.6 Å². The van der Waals surface area contributed by atoms with E-state index in [0.29, 0.717) is 29.8 Å². The number of hydrogen-bond donors (Lipinski definition) is 2. The molecule has 0 bridgehead atoms. The minimum absolute atomic E-state index is 0.467. The van der Waals surface area contributed by atoms with E-state index in [4.69, 9.17) is 9.47 Å². The van der Waals surface area contributed by atoms with Gasteiger partial charge < -0.3 is 20.1 Å². The Bertz CT molecular complexity index is 827. The average Bonchev–Trinajstić information content (AvgIpc) is 2.68. The molecule has 0 aliphatic heterocycles. The highest BCUT2D eigenvalue weighted by Gasteiger charge is 2.07. The lowest BCUT2D eigenvalue weighted by Crippen LogP contribution is -2.05. The summed E-state index contributed by atoms with van der Waals surface area (Å²) < 4.78 is 10.6. The minimum atomic E-state index is 0.467. The molecule has 2 N–H and O–H groups in total. The molecule has 0 fully saturated rings. The van der Waals surface area contributed by atoms with Crippen LogP contribution < -0.4 is 20.1 Å². The largest absolute Gasteiger partial charge is 0.497 e. The Kier molecular flexibility index (Phi) is 5.26. The molecule has 0 amide bonds. The summed E-state index contributed by atoms with van der Waals surface area (Å²) in [5.41, 5.74) is 1.69. The van der Waals surface area contributed by atoms with E-state index in [0.717, 1.165) is 11.4 Å². The van der Waals surface area contributed by atoms with Crippen molar-refractivity contribution in [1.82, 2.24) is 15.0 Å². The number of nitrogens with one attached hydrogen (secondary N) is 2. The van der Waals surface area contributed by atoms with Crippen molar-refractivity contribution in [2.45, 2.75) is 6.54 Å². The summed E-state index contributed by atoms with van der Waals surface area (Å²) in [6.07, 6.45) is 3.45. The molecular weight excluding hydrogens is 318 g/mol. The number of anilines is 3. The van der Waals surface area contributed by atoms with Crippen LogP contribution in [0.3, 0.4) is 0 Å². The molecule has 0 aliphatic carbocycles. The van der Waals surface area contributed by atoms with Gasteiger partial charge in [-0.3, -0.25) is 4.98 Å². The van der Waals surface area contributed by atoms with E-state index in [1.165, 1.54) is 0 Å². The van der Waals surface area contributed by atoms with Crippen LogP contribution in [0.5, 0.6) is 11.5 Å². The van der Waals surface area contributed by atoms with Crippen molar-refractivity contribution in [2.24, 2.45) is 0 Å². The molecule has 2 aromatic heterocycles. The Labute approximate surface area is 146 Å². The second-order valence-electron chi connectivity index (χ2n) is 5.13. The fraction of sp³-hybridized carbons (Fsp3) is 0.167. The summed E-state index contributed by atoms with van der Waals surface area (Å²) in [4.78, 5) is 13.0. The smallest absolute Gasteiger partial charge is 0.229 e. The van der Waals surface area contributed by atoms with Gasteiger partial charge in [-0.2, -0.15) is 4.98 Å². The highest BCUT2D eigenvalue weighted by atomic mass is 16.5. The molecule has 25 heavy (non-hydrogen) atoms.